The quantitative estimate of drug-likeness (QED) is 0.636. The molecule has 0 heterocycles. The maximum absolute atomic E-state index is 12.2. The van der Waals surface area contributed by atoms with Gasteiger partial charge in [-0.3, -0.25) is 4.79 Å². The molecule has 0 bridgehead atoms. The Kier molecular flexibility index (Phi) is 1.90. The number of rotatable bonds is 0. The van der Waals surface area contributed by atoms with E-state index in [1.54, 1.807) is 12.1 Å². The van der Waals surface area contributed by atoms with E-state index in [1.165, 1.54) is 0 Å². The van der Waals surface area contributed by atoms with Gasteiger partial charge in [-0.25, -0.2) is 0 Å². The van der Waals surface area contributed by atoms with Crippen molar-refractivity contribution in [2.24, 2.45) is 0 Å². The molecule has 0 unspecified atom stereocenters. The first-order valence-electron chi connectivity index (χ1n) is 5.57. The van der Waals surface area contributed by atoms with E-state index in [0.29, 0.717) is 5.56 Å². The minimum Gasteiger partial charge on any atom is -0.508 e. The second kappa shape index (κ2) is 3.20. The van der Waals surface area contributed by atoms with Crippen molar-refractivity contribution in [3.05, 3.63) is 52.6 Å². The highest BCUT2D eigenvalue weighted by Crippen LogP contribution is 2.40. The Morgan fingerprint density at radius 3 is 2.47 bits per heavy atom. The van der Waals surface area contributed by atoms with E-state index in [1.807, 2.05) is 32.0 Å². The third kappa shape index (κ3) is 1.30. The smallest absolute Gasteiger partial charge is 0.194 e. The zero-order chi connectivity index (χ0) is 12.2. The van der Waals surface area contributed by atoms with Crippen LogP contribution < -0.4 is 0 Å². The first kappa shape index (κ1) is 10.1. The molecule has 2 aromatic rings. The van der Waals surface area contributed by atoms with Gasteiger partial charge in [0.05, 0.1) is 0 Å². The fraction of sp³-hybridized carbons (Fsp3) is 0.133. The third-order valence-electron chi connectivity index (χ3n) is 3.25. The molecule has 0 aliphatic heterocycles. The first-order valence-corrected chi connectivity index (χ1v) is 5.57. The van der Waals surface area contributed by atoms with Gasteiger partial charge in [0.15, 0.2) is 5.78 Å². The second-order valence-electron chi connectivity index (χ2n) is 4.56. The summed E-state index contributed by atoms with van der Waals surface area (Å²) in [6.45, 7) is 3.89. The van der Waals surface area contributed by atoms with Crippen molar-refractivity contribution in [3.8, 4) is 16.9 Å². The van der Waals surface area contributed by atoms with Gasteiger partial charge in [0, 0.05) is 11.1 Å². The third-order valence-corrected chi connectivity index (χ3v) is 3.25. The van der Waals surface area contributed by atoms with Gasteiger partial charge in [-0.05, 0) is 48.7 Å². The molecule has 1 N–H and O–H groups in total. The largest absolute Gasteiger partial charge is 0.508 e. The highest BCUT2D eigenvalue weighted by Gasteiger charge is 2.28. The molecule has 0 spiro atoms. The van der Waals surface area contributed by atoms with Gasteiger partial charge in [0.1, 0.15) is 5.75 Å². The summed E-state index contributed by atoms with van der Waals surface area (Å²) in [5.74, 6) is 0.164. The van der Waals surface area contributed by atoms with Crippen LogP contribution in [0, 0.1) is 13.8 Å². The molecule has 84 valence electrons. The van der Waals surface area contributed by atoms with Crippen molar-refractivity contribution >= 4 is 5.78 Å². The maximum Gasteiger partial charge on any atom is 0.194 e. The summed E-state index contributed by atoms with van der Waals surface area (Å²) in [5.41, 5.74) is 5.32. The summed E-state index contributed by atoms with van der Waals surface area (Å²) in [7, 11) is 0. The fourth-order valence-corrected chi connectivity index (χ4v) is 2.51. The lowest BCUT2D eigenvalue weighted by atomic mass is 9.99. The van der Waals surface area contributed by atoms with Crippen LogP contribution >= 0.6 is 0 Å². The zero-order valence-corrected chi connectivity index (χ0v) is 9.74. The summed E-state index contributed by atoms with van der Waals surface area (Å²) < 4.78 is 0. The van der Waals surface area contributed by atoms with Crippen LogP contribution in [0.2, 0.25) is 0 Å². The predicted octanol–water partition coefficient (Wildman–Crippen LogP) is 3.22. The average molecular weight is 224 g/mol. The van der Waals surface area contributed by atoms with Gasteiger partial charge >= 0.3 is 0 Å². The molecule has 2 heteroatoms. The maximum atomic E-state index is 12.2. The van der Waals surface area contributed by atoms with Crippen LogP contribution in [0.3, 0.4) is 0 Å². The number of aryl methyl sites for hydroxylation is 2. The molecule has 2 nitrogen and oxygen atoms in total. The minimum atomic E-state index is 0.0118. The lowest BCUT2D eigenvalue weighted by Gasteiger charge is -2.05. The first-order chi connectivity index (χ1) is 8.08. The predicted molar refractivity (Wildman–Crippen MR) is 66.4 cm³/mol. The normalized spacial score (nSPS) is 12.5. The summed E-state index contributed by atoms with van der Waals surface area (Å²) in [6, 6.07) is 9.15. The van der Waals surface area contributed by atoms with Crippen molar-refractivity contribution in [2.75, 3.05) is 0 Å². The molecule has 17 heavy (non-hydrogen) atoms. The number of hydrogen-bond donors (Lipinski definition) is 1. The Bertz CT molecular complexity index is 654. The molecule has 2 aromatic carbocycles. The fourth-order valence-electron chi connectivity index (χ4n) is 2.51. The van der Waals surface area contributed by atoms with Crippen LogP contribution in [0.15, 0.2) is 30.3 Å². The van der Waals surface area contributed by atoms with Gasteiger partial charge in [0.25, 0.3) is 0 Å². The number of fused-ring (bicyclic) bond motifs is 3. The average Bonchev–Trinajstić information content (AvgIpc) is 2.53. The van der Waals surface area contributed by atoms with Gasteiger partial charge in [0.2, 0.25) is 0 Å². The van der Waals surface area contributed by atoms with E-state index >= 15 is 0 Å². The number of phenols is 1. The number of aromatic hydroxyl groups is 1. The SMILES string of the molecule is Cc1ccc2c(c1)C(=O)c1cc(O)cc(C)c1-2. The number of ketones is 1. The highest BCUT2D eigenvalue weighted by molar-refractivity contribution is 6.22. The molecule has 1 aliphatic rings. The zero-order valence-electron chi connectivity index (χ0n) is 9.74. The molecule has 0 fully saturated rings. The number of hydrogen-bond acceptors (Lipinski definition) is 2. The summed E-state index contributed by atoms with van der Waals surface area (Å²) in [6.07, 6.45) is 0. The van der Waals surface area contributed by atoms with Gasteiger partial charge < -0.3 is 5.11 Å². The number of benzene rings is 2. The van der Waals surface area contributed by atoms with Crippen molar-refractivity contribution in [1.82, 2.24) is 0 Å². The van der Waals surface area contributed by atoms with E-state index in [4.69, 9.17) is 0 Å². The van der Waals surface area contributed by atoms with Gasteiger partial charge in [-0.15, -0.1) is 0 Å². The van der Waals surface area contributed by atoms with E-state index in [0.717, 1.165) is 27.8 Å². The Morgan fingerprint density at radius 1 is 0.941 bits per heavy atom. The molecule has 3 rings (SSSR count). The van der Waals surface area contributed by atoms with Crippen LogP contribution in [0.5, 0.6) is 5.75 Å². The van der Waals surface area contributed by atoms with Crippen LogP contribution in [-0.2, 0) is 0 Å². The van der Waals surface area contributed by atoms with Crippen LogP contribution in [0.4, 0.5) is 0 Å². The van der Waals surface area contributed by atoms with Crippen LogP contribution in [0.1, 0.15) is 27.0 Å². The number of phenolic OH excluding ortho intramolecular Hbond substituents is 1. The lowest BCUT2D eigenvalue weighted by Crippen LogP contribution is -1.95. The summed E-state index contributed by atoms with van der Waals surface area (Å²) in [5, 5.41) is 9.58. The van der Waals surface area contributed by atoms with E-state index < -0.39 is 0 Å². The van der Waals surface area contributed by atoms with Gasteiger partial charge in [-0.1, -0.05) is 17.7 Å². The molecule has 0 radical (unpaired) electrons. The molecule has 1 aliphatic carbocycles. The lowest BCUT2D eigenvalue weighted by molar-refractivity contribution is 0.104. The molecular formula is C15H12O2. The Hall–Kier alpha value is -2.09. The number of carbonyl (C=O) groups is 1. The van der Waals surface area contributed by atoms with E-state index in [-0.39, 0.29) is 11.5 Å². The van der Waals surface area contributed by atoms with Crippen LogP contribution in [-0.4, -0.2) is 10.9 Å². The van der Waals surface area contributed by atoms with E-state index in [2.05, 4.69) is 0 Å². The van der Waals surface area contributed by atoms with E-state index in [9.17, 15) is 9.90 Å². The minimum absolute atomic E-state index is 0.0118. The Balaban J connectivity index is 2.39. The topological polar surface area (TPSA) is 37.3 Å². The second-order valence-corrected chi connectivity index (χ2v) is 4.56. The monoisotopic (exact) mass is 224 g/mol. The standard InChI is InChI=1S/C15H12O2/c1-8-3-4-11-12(5-8)15(17)13-7-10(16)6-9(2)14(11)13/h3-7,16H,1-2H3. The molecule has 0 amide bonds. The summed E-state index contributed by atoms with van der Waals surface area (Å²) in [4.78, 5) is 12.2. The van der Waals surface area contributed by atoms with Gasteiger partial charge in [-0.2, -0.15) is 0 Å². The molecule has 0 aromatic heterocycles. The molecular weight excluding hydrogens is 212 g/mol. The number of carbonyl (C=O) groups excluding carboxylic acids is 1. The van der Waals surface area contributed by atoms with Crippen molar-refractivity contribution < 1.29 is 9.90 Å². The Morgan fingerprint density at radius 2 is 1.71 bits per heavy atom. The Labute approximate surface area is 99.5 Å². The molecule has 0 atom stereocenters. The van der Waals surface area contributed by atoms with Crippen molar-refractivity contribution in [2.45, 2.75) is 13.8 Å². The molecule has 0 saturated heterocycles. The highest BCUT2D eigenvalue weighted by atomic mass is 16.3. The van der Waals surface area contributed by atoms with Crippen molar-refractivity contribution in [3.63, 3.8) is 0 Å². The van der Waals surface area contributed by atoms with Crippen molar-refractivity contribution in [1.29, 1.82) is 0 Å². The summed E-state index contributed by atoms with van der Waals surface area (Å²) >= 11 is 0. The molecule has 0 saturated carbocycles. The van der Waals surface area contributed by atoms with Crippen LogP contribution in [0.25, 0.3) is 11.1 Å².